The van der Waals surface area contributed by atoms with E-state index in [1.807, 2.05) is 0 Å². The van der Waals surface area contributed by atoms with E-state index in [0.29, 0.717) is 67.6 Å². The highest BCUT2D eigenvalue weighted by Crippen LogP contribution is 2.46. The molecule has 1 saturated heterocycles. The third-order valence-electron chi connectivity index (χ3n) is 8.43. The quantitative estimate of drug-likeness (QED) is 0.312. The molecule has 2 bridgehead atoms. The average molecular weight is 611 g/mol. The summed E-state index contributed by atoms with van der Waals surface area (Å²) >= 11 is 6.11. The van der Waals surface area contributed by atoms with Crippen LogP contribution in [-0.4, -0.2) is 52.1 Å². The molecule has 1 spiro atoms. The Morgan fingerprint density at radius 1 is 1.07 bits per heavy atom. The second kappa shape index (κ2) is 11.4. The van der Waals surface area contributed by atoms with E-state index in [4.69, 9.17) is 16.3 Å². The third-order valence-corrected chi connectivity index (χ3v) is 8.73. The van der Waals surface area contributed by atoms with Crippen LogP contribution in [0.1, 0.15) is 55.7 Å². The molecule has 224 valence electrons. The van der Waals surface area contributed by atoms with Crippen LogP contribution in [0, 0.1) is 11.6 Å². The summed E-state index contributed by atoms with van der Waals surface area (Å²) in [6.45, 7) is 0.289. The Hall–Kier alpha value is -4.25. The van der Waals surface area contributed by atoms with Crippen molar-refractivity contribution in [3.05, 3.63) is 76.6 Å². The molecule has 3 aromatic rings. The van der Waals surface area contributed by atoms with Gasteiger partial charge in [0.05, 0.1) is 34.4 Å². The number of pyridine rings is 1. The molecule has 3 aliphatic rings. The number of carbonyl (C=O) groups excluding carboxylic acids is 2. The molecule has 4 heterocycles. The number of rotatable bonds is 2. The fraction of sp³-hybridized carbons (Fsp3) is 0.355. The van der Waals surface area contributed by atoms with Gasteiger partial charge in [0.2, 0.25) is 5.91 Å². The Morgan fingerprint density at radius 2 is 1.86 bits per heavy atom. The number of aliphatic carboxylic acids is 1. The van der Waals surface area contributed by atoms with Crippen molar-refractivity contribution in [2.45, 2.75) is 56.1 Å². The van der Waals surface area contributed by atoms with Crippen molar-refractivity contribution in [2.75, 3.05) is 23.7 Å². The molecule has 6 rings (SSSR count). The van der Waals surface area contributed by atoms with E-state index in [9.17, 15) is 23.9 Å². The number of halogens is 3. The molecule has 1 fully saturated rings. The lowest BCUT2D eigenvalue weighted by Crippen LogP contribution is -2.54. The monoisotopic (exact) mass is 610 g/mol. The van der Waals surface area contributed by atoms with Gasteiger partial charge < -0.3 is 20.1 Å². The highest BCUT2D eigenvalue weighted by molar-refractivity contribution is 6.31. The molecule has 0 saturated carbocycles. The van der Waals surface area contributed by atoms with Crippen LogP contribution in [0.3, 0.4) is 0 Å². The van der Waals surface area contributed by atoms with Crippen LogP contribution in [0.5, 0.6) is 0 Å². The molecule has 2 aromatic carbocycles. The van der Waals surface area contributed by atoms with E-state index >= 15 is 4.39 Å². The molecule has 1 aromatic heterocycles. The number of fused-ring (bicyclic) bond motifs is 6. The number of carboxylic acids is 1. The van der Waals surface area contributed by atoms with Gasteiger partial charge in [-0.3, -0.25) is 15.1 Å². The lowest BCUT2D eigenvalue weighted by Gasteiger charge is -2.45. The Labute approximate surface area is 251 Å². The van der Waals surface area contributed by atoms with Gasteiger partial charge in [0.15, 0.2) is 11.4 Å². The average Bonchev–Trinajstić information content (AvgIpc) is 2.98. The molecular formula is C31H29ClF2N4O5. The van der Waals surface area contributed by atoms with Crippen LogP contribution < -0.4 is 10.6 Å². The Kier molecular flexibility index (Phi) is 7.68. The van der Waals surface area contributed by atoms with E-state index in [1.165, 1.54) is 30.3 Å². The van der Waals surface area contributed by atoms with Gasteiger partial charge in [-0.05, 0) is 73.7 Å². The highest BCUT2D eigenvalue weighted by Gasteiger charge is 2.49. The number of nitrogens with zero attached hydrogens (tertiary/aromatic N) is 2. The summed E-state index contributed by atoms with van der Waals surface area (Å²) in [5.41, 5.74) is 0.899. The molecule has 3 atom stereocenters. The Bertz CT molecular complexity index is 1620. The standard InChI is InChI=1S/C31H29ClF2N4O5/c32-21-7-9-23-26(27(21)34)31(43-30(42)37-23)11-3-13-38(16-31)28(39)19-4-1-2-5-24(29(40)41)36-22-8-6-18(33)15-20(22)17-10-12-35-25(19)14-17/h6-10,12,14-15,19,24,36H,1-5,11,13,16H2,(H,37,42)(H,40,41)/t19?,24?,31-/m0/s1. The van der Waals surface area contributed by atoms with Gasteiger partial charge in [-0.2, -0.15) is 0 Å². The number of benzene rings is 2. The maximum absolute atomic E-state index is 15.4. The molecule has 0 radical (unpaired) electrons. The molecule has 3 N–H and O–H groups in total. The third kappa shape index (κ3) is 5.49. The number of anilines is 2. The number of carbonyl (C=O) groups is 3. The number of aromatic nitrogens is 1. The molecule has 3 aliphatic heterocycles. The topological polar surface area (TPSA) is 121 Å². The van der Waals surface area contributed by atoms with Crippen LogP contribution in [0.4, 0.5) is 25.0 Å². The van der Waals surface area contributed by atoms with E-state index in [2.05, 4.69) is 15.6 Å². The lowest BCUT2D eigenvalue weighted by molar-refractivity contribution is -0.141. The van der Waals surface area contributed by atoms with Gasteiger partial charge in [-0.25, -0.2) is 18.4 Å². The number of hydrogen-bond acceptors (Lipinski definition) is 6. The summed E-state index contributed by atoms with van der Waals surface area (Å²) in [5, 5.41) is 15.3. The van der Waals surface area contributed by atoms with Gasteiger partial charge >= 0.3 is 12.1 Å². The zero-order valence-corrected chi connectivity index (χ0v) is 23.8. The highest BCUT2D eigenvalue weighted by atomic mass is 35.5. The fourth-order valence-electron chi connectivity index (χ4n) is 6.41. The second-order valence-electron chi connectivity index (χ2n) is 11.2. The van der Waals surface area contributed by atoms with Gasteiger partial charge in [-0.1, -0.05) is 24.4 Å². The summed E-state index contributed by atoms with van der Waals surface area (Å²) < 4.78 is 35.5. The van der Waals surface area contributed by atoms with E-state index in [-0.39, 0.29) is 28.7 Å². The Morgan fingerprint density at radius 3 is 2.67 bits per heavy atom. The van der Waals surface area contributed by atoms with Gasteiger partial charge in [0.25, 0.3) is 0 Å². The molecular weight excluding hydrogens is 582 g/mol. The first-order valence-electron chi connectivity index (χ1n) is 14.2. The van der Waals surface area contributed by atoms with Crippen molar-refractivity contribution < 1.29 is 33.0 Å². The SMILES string of the molecule is O=C1Nc2ccc(Cl)c(F)c2[C@@]2(CCCN(C(=O)C3CCCCC(C(=O)O)Nc4ccc(F)cc4-c4ccnc3c4)C2)O1. The zero-order valence-electron chi connectivity index (χ0n) is 23.0. The number of nitrogens with one attached hydrogen (secondary N) is 2. The van der Waals surface area contributed by atoms with Gasteiger partial charge in [0.1, 0.15) is 11.9 Å². The summed E-state index contributed by atoms with van der Waals surface area (Å²) in [7, 11) is 0. The fourth-order valence-corrected chi connectivity index (χ4v) is 6.57. The van der Waals surface area contributed by atoms with Crippen LogP contribution in [-0.2, 0) is 19.9 Å². The minimum Gasteiger partial charge on any atom is -0.480 e. The van der Waals surface area contributed by atoms with Crippen LogP contribution in [0.2, 0.25) is 5.02 Å². The maximum atomic E-state index is 15.4. The predicted molar refractivity (Wildman–Crippen MR) is 155 cm³/mol. The summed E-state index contributed by atoms with van der Waals surface area (Å²) in [4.78, 5) is 44.9. The molecule has 9 nitrogen and oxygen atoms in total. The normalized spacial score (nSPS) is 23.4. The second-order valence-corrected chi connectivity index (χ2v) is 11.6. The summed E-state index contributed by atoms with van der Waals surface area (Å²) in [5.74, 6) is -3.22. The number of carboxylic acid groups (broad SMARTS) is 1. The van der Waals surface area contributed by atoms with Crippen molar-refractivity contribution in [1.82, 2.24) is 9.88 Å². The summed E-state index contributed by atoms with van der Waals surface area (Å²) in [6.07, 6.45) is 3.27. The van der Waals surface area contributed by atoms with Gasteiger partial charge in [0, 0.05) is 24.0 Å². The van der Waals surface area contributed by atoms with Crippen molar-refractivity contribution in [1.29, 1.82) is 0 Å². The number of amides is 2. The first kappa shape index (κ1) is 28.9. The molecule has 43 heavy (non-hydrogen) atoms. The van der Waals surface area contributed by atoms with Crippen LogP contribution in [0.15, 0.2) is 48.7 Å². The molecule has 0 aliphatic carbocycles. The lowest BCUT2D eigenvalue weighted by atomic mass is 9.82. The van der Waals surface area contributed by atoms with Crippen molar-refractivity contribution in [2.24, 2.45) is 0 Å². The van der Waals surface area contributed by atoms with Crippen LogP contribution in [0.25, 0.3) is 11.1 Å². The number of hydrogen-bond donors (Lipinski definition) is 3. The van der Waals surface area contributed by atoms with Gasteiger partial charge in [-0.15, -0.1) is 0 Å². The number of likely N-dealkylation sites (tertiary alicyclic amines) is 1. The molecule has 12 heteroatoms. The van der Waals surface area contributed by atoms with Crippen molar-refractivity contribution in [3.8, 4) is 11.1 Å². The molecule has 2 unspecified atom stereocenters. The largest absolute Gasteiger partial charge is 0.480 e. The van der Waals surface area contributed by atoms with E-state index < -0.39 is 41.3 Å². The number of piperidine rings is 1. The smallest absolute Gasteiger partial charge is 0.412 e. The zero-order chi connectivity index (χ0) is 30.3. The first-order valence-corrected chi connectivity index (χ1v) is 14.6. The van der Waals surface area contributed by atoms with Crippen molar-refractivity contribution >= 4 is 40.9 Å². The Balaban J connectivity index is 1.37. The first-order chi connectivity index (χ1) is 20.6. The summed E-state index contributed by atoms with van der Waals surface area (Å²) in [6, 6.07) is 9.46. The van der Waals surface area contributed by atoms with Crippen molar-refractivity contribution in [3.63, 3.8) is 0 Å². The van der Waals surface area contributed by atoms with E-state index in [1.54, 1.807) is 23.2 Å². The maximum Gasteiger partial charge on any atom is 0.412 e. The minimum absolute atomic E-state index is 0.0707. The van der Waals surface area contributed by atoms with Crippen LogP contribution >= 0.6 is 11.6 Å². The van der Waals surface area contributed by atoms with E-state index in [0.717, 1.165) is 0 Å². The molecule has 2 amide bonds. The minimum atomic E-state index is -1.42. The predicted octanol–water partition coefficient (Wildman–Crippen LogP) is 6.28. The number of ether oxygens (including phenoxy) is 1.